The van der Waals surface area contributed by atoms with E-state index < -0.39 is 0 Å². The van der Waals surface area contributed by atoms with Crippen LogP contribution in [0.2, 0.25) is 0 Å². The molecule has 3 heteroatoms. The molecule has 0 spiro atoms. The highest BCUT2D eigenvalue weighted by Crippen LogP contribution is 2.10. The number of hydrogen-bond donors (Lipinski definition) is 1. The van der Waals surface area contributed by atoms with Gasteiger partial charge < -0.3 is 4.74 Å². The zero-order valence-corrected chi connectivity index (χ0v) is 6.96. The van der Waals surface area contributed by atoms with Crippen LogP contribution in [-0.2, 0) is 0 Å². The van der Waals surface area contributed by atoms with Gasteiger partial charge in [0.1, 0.15) is 5.75 Å². The van der Waals surface area contributed by atoms with Gasteiger partial charge >= 0.3 is 0 Å². The van der Waals surface area contributed by atoms with Crippen molar-refractivity contribution in [3.63, 3.8) is 0 Å². The lowest BCUT2D eigenvalue weighted by molar-refractivity contribution is -0.912. The molecule has 60 valence electrons. The normalized spacial score (nSPS) is 9.73. The van der Waals surface area contributed by atoms with Crippen LogP contribution in [0.5, 0.6) is 5.75 Å². The molecule has 0 unspecified atom stereocenters. The van der Waals surface area contributed by atoms with E-state index in [1.165, 1.54) is 0 Å². The molecule has 0 radical (unpaired) electrons. The molecule has 0 aliphatic carbocycles. The predicted octanol–water partition coefficient (Wildman–Crippen LogP) is 0.837. The first-order valence-electron chi connectivity index (χ1n) is 3.41. The van der Waals surface area contributed by atoms with Gasteiger partial charge in [-0.15, -0.1) is 0 Å². The molecule has 3 nitrogen and oxygen atoms in total. The third-order valence-electron chi connectivity index (χ3n) is 1.61. The number of ether oxygens (including phenoxy) is 1. The van der Waals surface area contributed by atoms with Gasteiger partial charge in [-0.1, -0.05) is 0 Å². The third kappa shape index (κ3) is 1.42. The van der Waals surface area contributed by atoms with Crippen molar-refractivity contribution in [3.05, 3.63) is 23.5 Å². The first kappa shape index (κ1) is 7.85. The van der Waals surface area contributed by atoms with Crippen LogP contribution >= 0.6 is 0 Å². The minimum absolute atomic E-state index is 0.766. The predicted molar refractivity (Wildman–Crippen MR) is 39.8 cm³/mol. The highest BCUT2D eigenvalue weighted by molar-refractivity contribution is 5.21. The Morgan fingerprint density at radius 3 is 2.09 bits per heavy atom. The number of methoxy groups -OCH3 is 1. The fraction of sp³-hybridized carbons (Fsp3) is 0.375. The third-order valence-corrected chi connectivity index (χ3v) is 1.61. The maximum Gasteiger partial charge on any atom is 0.235 e. The highest BCUT2D eigenvalue weighted by atomic mass is 16.5. The van der Waals surface area contributed by atoms with E-state index in [0.717, 1.165) is 21.9 Å². The number of pyridine rings is 1. The molecule has 0 amide bonds. The van der Waals surface area contributed by atoms with Gasteiger partial charge in [-0.05, 0) is 0 Å². The van der Waals surface area contributed by atoms with Crippen LogP contribution in [0.3, 0.4) is 0 Å². The van der Waals surface area contributed by atoms with Crippen LogP contribution in [0.1, 0.15) is 11.4 Å². The first-order valence-corrected chi connectivity index (χ1v) is 3.41. The maximum atomic E-state index is 9.29. The van der Waals surface area contributed by atoms with Crippen molar-refractivity contribution in [3.8, 4) is 5.75 Å². The zero-order chi connectivity index (χ0) is 8.43. The van der Waals surface area contributed by atoms with E-state index in [1.807, 2.05) is 13.8 Å². The Morgan fingerprint density at radius 2 is 1.73 bits per heavy atom. The van der Waals surface area contributed by atoms with Crippen molar-refractivity contribution < 1.29 is 14.7 Å². The lowest BCUT2D eigenvalue weighted by Crippen LogP contribution is -2.36. The lowest BCUT2D eigenvalue weighted by atomic mass is 10.3. The topological polar surface area (TPSA) is 33.3 Å². The second-order valence-corrected chi connectivity index (χ2v) is 2.49. The Kier molecular flexibility index (Phi) is 1.98. The van der Waals surface area contributed by atoms with E-state index in [9.17, 15) is 5.21 Å². The Labute approximate surface area is 65.8 Å². The van der Waals surface area contributed by atoms with Gasteiger partial charge in [0.2, 0.25) is 11.4 Å². The molecule has 1 aromatic rings. The molecule has 0 saturated carbocycles. The molecule has 1 aromatic heterocycles. The summed E-state index contributed by atoms with van der Waals surface area (Å²) >= 11 is 0. The number of aromatic nitrogens is 1. The van der Waals surface area contributed by atoms with Crippen molar-refractivity contribution in [2.75, 3.05) is 7.11 Å². The number of rotatable bonds is 1. The number of aryl methyl sites for hydroxylation is 2. The van der Waals surface area contributed by atoms with E-state index in [1.54, 1.807) is 19.2 Å². The molecule has 0 aliphatic heterocycles. The largest absolute Gasteiger partial charge is 0.496 e. The molecule has 0 atom stereocenters. The highest BCUT2D eigenvalue weighted by Gasteiger charge is 2.10. The Hall–Kier alpha value is -1.25. The quantitative estimate of drug-likeness (QED) is 0.480. The Balaban J connectivity index is 3.21. The zero-order valence-electron chi connectivity index (χ0n) is 6.96. The fourth-order valence-electron chi connectivity index (χ4n) is 0.972. The molecular weight excluding hydrogens is 142 g/mol. The fourth-order valence-corrected chi connectivity index (χ4v) is 0.972. The first-order chi connectivity index (χ1) is 5.15. The average molecular weight is 154 g/mol. The van der Waals surface area contributed by atoms with Gasteiger partial charge in [0.15, 0.2) is 0 Å². The summed E-state index contributed by atoms with van der Waals surface area (Å²) in [5, 5.41) is 9.29. The average Bonchev–Trinajstić information content (AvgIpc) is 1.99. The van der Waals surface area contributed by atoms with Crippen molar-refractivity contribution >= 4 is 0 Å². The second kappa shape index (κ2) is 2.78. The van der Waals surface area contributed by atoms with Crippen LogP contribution in [0.4, 0.5) is 0 Å². The molecule has 11 heavy (non-hydrogen) atoms. The van der Waals surface area contributed by atoms with E-state index in [2.05, 4.69) is 0 Å². The van der Waals surface area contributed by atoms with E-state index >= 15 is 0 Å². The second-order valence-electron chi connectivity index (χ2n) is 2.49. The van der Waals surface area contributed by atoms with E-state index in [0.29, 0.717) is 0 Å². The smallest absolute Gasteiger partial charge is 0.235 e. The van der Waals surface area contributed by atoms with Crippen molar-refractivity contribution in [2.24, 2.45) is 0 Å². The summed E-state index contributed by atoms with van der Waals surface area (Å²) in [5.41, 5.74) is 1.53. The van der Waals surface area contributed by atoms with Crippen molar-refractivity contribution in [2.45, 2.75) is 13.8 Å². The van der Waals surface area contributed by atoms with Crippen LogP contribution in [0, 0.1) is 13.8 Å². The monoisotopic (exact) mass is 154 g/mol. The van der Waals surface area contributed by atoms with Crippen molar-refractivity contribution in [1.29, 1.82) is 0 Å². The molecular formula is C8H12NO2+. The van der Waals surface area contributed by atoms with Gasteiger partial charge in [-0.2, -0.15) is 0 Å². The minimum Gasteiger partial charge on any atom is -0.496 e. The molecule has 0 bridgehead atoms. The summed E-state index contributed by atoms with van der Waals surface area (Å²) in [5.74, 6) is 0.769. The van der Waals surface area contributed by atoms with Gasteiger partial charge in [0.05, 0.1) is 19.2 Å². The van der Waals surface area contributed by atoms with Gasteiger partial charge in [-0.25, -0.2) is 0 Å². The van der Waals surface area contributed by atoms with Crippen LogP contribution in [0.15, 0.2) is 12.1 Å². The SMILES string of the molecule is COc1cc(C)[n+](O)c(C)c1. The summed E-state index contributed by atoms with van der Waals surface area (Å²) in [4.78, 5) is 0. The molecule has 1 heterocycles. The summed E-state index contributed by atoms with van der Waals surface area (Å²) in [6.07, 6.45) is 0. The van der Waals surface area contributed by atoms with E-state index in [4.69, 9.17) is 4.74 Å². The van der Waals surface area contributed by atoms with E-state index in [-0.39, 0.29) is 0 Å². The molecule has 0 saturated heterocycles. The molecule has 0 aliphatic rings. The maximum absolute atomic E-state index is 9.29. The molecule has 1 rings (SSSR count). The van der Waals surface area contributed by atoms with Gasteiger partial charge in [0.25, 0.3) is 0 Å². The summed E-state index contributed by atoms with van der Waals surface area (Å²) in [7, 11) is 1.61. The summed E-state index contributed by atoms with van der Waals surface area (Å²) in [6.45, 7) is 3.63. The summed E-state index contributed by atoms with van der Waals surface area (Å²) < 4.78 is 6.13. The van der Waals surface area contributed by atoms with Crippen LogP contribution in [-0.4, -0.2) is 12.3 Å². The number of nitrogens with zero attached hydrogens (tertiary/aromatic N) is 1. The molecule has 1 N–H and O–H groups in total. The van der Waals surface area contributed by atoms with Crippen LogP contribution in [0.25, 0.3) is 0 Å². The molecule has 0 fully saturated rings. The Bertz CT molecular complexity index is 248. The standard InChI is InChI=1S/C8H12NO2/c1-6-4-8(11-3)5-7(2)9(6)10/h4-5,10H,1-3H3/q+1. The van der Waals surface area contributed by atoms with Gasteiger partial charge in [-0.3, -0.25) is 5.21 Å². The summed E-state index contributed by atoms with van der Waals surface area (Å²) in [6, 6.07) is 3.54. The molecule has 0 aromatic carbocycles. The number of hydrogen-bond acceptors (Lipinski definition) is 2. The van der Waals surface area contributed by atoms with Crippen molar-refractivity contribution in [1.82, 2.24) is 0 Å². The minimum atomic E-state index is 0.766. The van der Waals surface area contributed by atoms with Gasteiger partial charge in [0, 0.05) is 18.6 Å². The Morgan fingerprint density at radius 1 is 1.27 bits per heavy atom. The van der Waals surface area contributed by atoms with Crippen LogP contribution < -0.4 is 9.47 Å². The lowest BCUT2D eigenvalue weighted by Gasteiger charge is -1.99.